The molecule has 0 aliphatic carbocycles. The Morgan fingerprint density at radius 2 is 1.86 bits per heavy atom. The monoisotopic (exact) mass is 503 g/mol. The second kappa shape index (κ2) is 11.8. The number of aromatic nitrogens is 1. The highest BCUT2D eigenvalue weighted by atomic mass is 35.5. The molecule has 2 fully saturated rings. The van der Waals surface area contributed by atoms with Crippen LogP contribution in [0.2, 0.25) is 5.15 Å². The maximum atomic E-state index is 15.0. The van der Waals surface area contributed by atoms with Crippen molar-refractivity contribution in [2.45, 2.75) is 44.9 Å². The molecule has 0 unspecified atom stereocenters. The minimum absolute atomic E-state index is 0.179. The van der Waals surface area contributed by atoms with Gasteiger partial charge in [0.15, 0.2) is 0 Å². The number of benzene rings is 1. The molecule has 0 atom stereocenters. The van der Waals surface area contributed by atoms with Gasteiger partial charge in [0, 0.05) is 19.2 Å². The number of piperidine rings is 2. The van der Waals surface area contributed by atoms with Crippen LogP contribution < -0.4 is 15.5 Å². The van der Waals surface area contributed by atoms with E-state index >= 15 is 4.39 Å². The Morgan fingerprint density at radius 1 is 1.17 bits per heavy atom. The molecule has 10 heteroatoms. The summed E-state index contributed by atoms with van der Waals surface area (Å²) in [6.45, 7) is 3.47. The van der Waals surface area contributed by atoms with Gasteiger partial charge in [-0.05, 0) is 62.7 Å². The zero-order chi connectivity index (χ0) is 24.8. The fourth-order valence-corrected chi connectivity index (χ4v) is 5.31. The molecular formula is C25H31ClFN5O3. The number of nitro benzene ring substituents is 1. The summed E-state index contributed by atoms with van der Waals surface area (Å²) >= 11 is 5.89. The molecule has 0 spiro atoms. The van der Waals surface area contributed by atoms with Crippen molar-refractivity contribution in [2.75, 3.05) is 36.4 Å². The van der Waals surface area contributed by atoms with E-state index in [1.807, 2.05) is 4.90 Å². The Hall–Kier alpha value is -2.78. The van der Waals surface area contributed by atoms with E-state index in [4.69, 9.17) is 11.6 Å². The van der Waals surface area contributed by atoms with E-state index in [2.05, 4.69) is 15.6 Å². The predicted octanol–water partition coefficient (Wildman–Crippen LogP) is 5.42. The van der Waals surface area contributed by atoms with Crippen LogP contribution in [0, 0.1) is 27.8 Å². The van der Waals surface area contributed by atoms with Crippen LogP contribution in [0.5, 0.6) is 0 Å². The third kappa shape index (κ3) is 6.67. The minimum Gasteiger partial charge on any atom is -0.371 e. The number of non-ortho nitro benzene ring substituents is 1. The summed E-state index contributed by atoms with van der Waals surface area (Å²) in [7, 11) is 0. The van der Waals surface area contributed by atoms with Crippen LogP contribution in [-0.4, -0.2) is 42.0 Å². The van der Waals surface area contributed by atoms with Gasteiger partial charge in [0.25, 0.3) is 11.6 Å². The number of hydrogen-bond acceptors (Lipinski definition) is 6. The molecule has 3 heterocycles. The average molecular weight is 504 g/mol. The molecule has 0 saturated carbocycles. The van der Waals surface area contributed by atoms with Crippen LogP contribution in [0.1, 0.15) is 55.3 Å². The third-order valence-electron chi connectivity index (χ3n) is 7.09. The smallest absolute Gasteiger partial charge is 0.274 e. The van der Waals surface area contributed by atoms with Crippen molar-refractivity contribution >= 4 is 34.7 Å². The van der Waals surface area contributed by atoms with E-state index < -0.39 is 16.6 Å². The van der Waals surface area contributed by atoms with E-state index in [0.29, 0.717) is 19.0 Å². The number of carbonyl (C=O) groups excluding carboxylic acids is 1. The minimum atomic E-state index is -0.933. The highest BCUT2D eigenvalue weighted by Crippen LogP contribution is 2.34. The van der Waals surface area contributed by atoms with Crippen LogP contribution in [0.25, 0.3) is 0 Å². The second-order valence-corrected chi connectivity index (χ2v) is 9.82. The van der Waals surface area contributed by atoms with Crippen molar-refractivity contribution in [2.24, 2.45) is 11.8 Å². The number of pyridine rings is 1. The molecule has 8 nitrogen and oxygen atoms in total. The third-order valence-corrected chi connectivity index (χ3v) is 7.30. The van der Waals surface area contributed by atoms with Gasteiger partial charge in [-0.15, -0.1) is 0 Å². The SMILES string of the molecule is O=C(Nc1cccc(Cl)n1)c1c(F)cc([N+](=O)[O-])cc1N1CCC(CCCC2CCNCC2)CC1. The van der Waals surface area contributed by atoms with Gasteiger partial charge in [-0.1, -0.05) is 36.9 Å². The summed E-state index contributed by atoms with van der Waals surface area (Å²) < 4.78 is 15.0. The zero-order valence-corrected chi connectivity index (χ0v) is 20.4. The van der Waals surface area contributed by atoms with Gasteiger partial charge in [0.1, 0.15) is 16.8 Å². The summed E-state index contributed by atoms with van der Waals surface area (Å²) in [4.78, 5) is 29.7. The van der Waals surface area contributed by atoms with E-state index in [-0.39, 0.29) is 27.9 Å². The highest BCUT2D eigenvalue weighted by molar-refractivity contribution is 6.29. The number of hydrogen-bond donors (Lipinski definition) is 2. The summed E-state index contributed by atoms with van der Waals surface area (Å²) in [5.41, 5.74) is -0.356. The van der Waals surface area contributed by atoms with Crippen molar-refractivity contribution in [1.29, 1.82) is 0 Å². The topological polar surface area (TPSA) is 100 Å². The van der Waals surface area contributed by atoms with Crippen LogP contribution >= 0.6 is 11.6 Å². The fourth-order valence-electron chi connectivity index (χ4n) is 5.14. The zero-order valence-electron chi connectivity index (χ0n) is 19.6. The molecule has 2 saturated heterocycles. The molecule has 1 aromatic heterocycles. The molecule has 0 bridgehead atoms. The van der Waals surface area contributed by atoms with Gasteiger partial charge in [0.05, 0.1) is 22.2 Å². The number of nitrogens with zero attached hydrogens (tertiary/aromatic N) is 3. The first-order chi connectivity index (χ1) is 16.9. The number of halogens is 2. The number of nitrogens with one attached hydrogen (secondary N) is 2. The van der Waals surface area contributed by atoms with Crippen LogP contribution in [0.4, 0.5) is 21.6 Å². The van der Waals surface area contributed by atoms with Crippen molar-refractivity contribution < 1.29 is 14.1 Å². The van der Waals surface area contributed by atoms with E-state index in [0.717, 1.165) is 44.3 Å². The van der Waals surface area contributed by atoms with Gasteiger partial charge in [-0.2, -0.15) is 0 Å². The van der Waals surface area contributed by atoms with E-state index in [1.165, 1.54) is 31.7 Å². The summed E-state index contributed by atoms with van der Waals surface area (Å²) in [5, 5.41) is 17.5. The lowest BCUT2D eigenvalue weighted by Crippen LogP contribution is -2.35. The average Bonchev–Trinajstić information content (AvgIpc) is 2.84. The number of amides is 1. The Kier molecular flexibility index (Phi) is 8.51. The molecule has 2 aliphatic heterocycles. The lowest BCUT2D eigenvalue weighted by molar-refractivity contribution is -0.385. The first kappa shape index (κ1) is 25.3. The van der Waals surface area contributed by atoms with Crippen molar-refractivity contribution in [1.82, 2.24) is 10.3 Å². The number of anilines is 2. The van der Waals surface area contributed by atoms with E-state index in [1.54, 1.807) is 18.2 Å². The van der Waals surface area contributed by atoms with Crippen LogP contribution in [0.15, 0.2) is 30.3 Å². The van der Waals surface area contributed by atoms with Gasteiger partial charge in [-0.25, -0.2) is 9.37 Å². The molecule has 1 amide bonds. The normalized spacial score (nSPS) is 17.4. The maximum Gasteiger partial charge on any atom is 0.274 e. The van der Waals surface area contributed by atoms with Crippen molar-refractivity contribution in [3.05, 3.63) is 57.0 Å². The molecule has 2 aliphatic rings. The quantitative estimate of drug-likeness (QED) is 0.283. The fraction of sp³-hybridized carbons (Fsp3) is 0.520. The summed E-state index contributed by atoms with van der Waals surface area (Å²) in [5.74, 6) is -0.0774. The molecule has 2 aromatic rings. The standard InChI is InChI=1S/C25H31ClFN5O3/c26-22-5-2-6-23(29-22)30-25(33)24-20(27)15-19(32(34)35)16-21(24)31-13-9-18(10-14-31)4-1-3-17-7-11-28-12-8-17/h2,5-6,15-18,28H,1,3-4,7-14H2,(H,29,30,33). The summed E-state index contributed by atoms with van der Waals surface area (Å²) in [6, 6.07) is 6.81. The Morgan fingerprint density at radius 3 is 2.51 bits per heavy atom. The lowest BCUT2D eigenvalue weighted by Gasteiger charge is -2.35. The largest absolute Gasteiger partial charge is 0.371 e. The Balaban J connectivity index is 1.44. The van der Waals surface area contributed by atoms with Crippen molar-refractivity contribution in [3.63, 3.8) is 0 Å². The lowest BCUT2D eigenvalue weighted by atomic mass is 9.87. The molecule has 1 aromatic carbocycles. The van der Waals surface area contributed by atoms with Gasteiger partial charge in [0.2, 0.25) is 0 Å². The predicted molar refractivity (Wildman–Crippen MR) is 135 cm³/mol. The van der Waals surface area contributed by atoms with E-state index in [9.17, 15) is 14.9 Å². The second-order valence-electron chi connectivity index (χ2n) is 9.43. The Bertz CT molecular complexity index is 1060. The van der Waals surface area contributed by atoms with Crippen LogP contribution in [-0.2, 0) is 0 Å². The van der Waals surface area contributed by atoms with Gasteiger partial charge < -0.3 is 15.5 Å². The first-order valence-corrected chi connectivity index (χ1v) is 12.7. The Labute approximate surface area is 209 Å². The van der Waals surface area contributed by atoms with Crippen molar-refractivity contribution in [3.8, 4) is 0 Å². The molecule has 2 N–H and O–H groups in total. The van der Waals surface area contributed by atoms with Gasteiger partial charge in [-0.3, -0.25) is 14.9 Å². The highest BCUT2D eigenvalue weighted by Gasteiger charge is 2.28. The first-order valence-electron chi connectivity index (χ1n) is 12.3. The molecule has 188 valence electrons. The van der Waals surface area contributed by atoms with Crippen LogP contribution in [0.3, 0.4) is 0 Å². The molecular weight excluding hydrogens is 473 g/mol. The molecule has 4 rings (SSSR count). The number of rotatable bonds is 8. The van der Waals surface area contributed by atoms with Gasteiger partial charge >= 0.3 is 0 Å². The number of carbonyl (C=O) groups is 1. The molecule has 35 heavy (non-hydrogen) atoms. The summed E-state index contributed by atoms with van der Waals surface area (Å²) in [6.07, 6.45) is 7.97. The number of nitro groups is 1. The maximum absolute atomic E-state index is 15.0. The molecule has 0 radical (unpaired) electrons.